The van der Waals surface area contributed by atoms with Crippen molar-refractivity contribution in [3.05, 3.63) is 23.8 Å². The molecule has 0 bridgehead atoms. The molecule has 140 valence electrons. The van der Waals surface area contributed by atoms with Crippen molar-refractivity contribution >= 4 is 40.0 Å². The monoisotopic (exact) mass is 391 g/mol. The first-order chi connectivity index (χ1) is 11.2. The number of aliphatic carboxylic acids is 1. The molecule has 1 aliphatic heterocycles. The maximum absolute atomic E-state index is 12.1. The van der Waals surface area contributed by atoms with Crippen LogP contribution in [0.25, 0.3) is 0 Å². The molecule has 2 rings (SSSR count). The number of amides is 1. The van der Waals surface area contributed by atoms with Gasteiger partial charge >= 0.3 is 5.97 Å². The van der Waals surface area contributed by atoms with Gasteiger partial charge in [-0.25, -0.2) is 13.1 Å². The van der Waals surface area contributed by atoms with Gasteiger partial charge in [-0.15, -0.1) is 12.4 Å². The first-order valence-corrected chi connectivity index (χ1v) is 9.04. The summed E-state index contributed by atoms with van der Waals surface area (Å²) in [5, 5.41) is 11.7. The number of carbonyl (C=O) groups excluding carboxylic acids is 1. The van der Waals surface area contributed by atoms with E-state index in [0.29, 0.717) is 24.2 Å². The lowest BCUT2D eigenvalue weighted by molar-refractivity contribution is -0.142. The average molecular weight is 392 g/mol. The van der Waals surface area contributed by atoms with E-state index in [1.54, 1.807) is 24.0 Å². The molecule has 1 aromatic carbocycles. The minimum Gasteiger partial charge on any atom is -0.480 e. The van der Waals surface area contributed by atoms with Gasteiger partial charge < -0.3 is 10.4 Å². The highest BCUT2D eigenvalue weighted by Gasteiger charge is 2.31. The summed E-state index contributed by atoms with van der Waals surface area (Å²) >= 11 is 0. The molecule has 0 aromatic heterocycles. The number of likely N-dealkylation sites (tertiary alicyclic amines) is 1. The summed E-state index contributed by atoms with van der Waals surface area (Å²) in [4.78, 5) is 25.0. The summed E-state index contributed by atoms with van der Waals surface area (Å²) < 4.78 is 26.2. The van der Waals surface area contributed by atoms with Gasteiger partial charge in [-0.05, 0) is 51.1 Å². The van der Waals surface area contributed by atoms with Crippen LogP contribution in [0.15, 0.2) is 23.1 Å². The quantitative estimate of drug-likeness (QED) is 0.661. The summed E-state index contributed by atoms with van der Waals surface area (Å²) in [6.45, 7) is 2.17. The van der Waals surface area contributed by atoms with Gasteiger partial charge in [0, 0.05) is 5.69 Å². The van der Waals surface area contributed by atoms with E-state index in [2.05, 4.69) is 10.0 Å². The van der Waals surface area contributed by atoms with E-state index in [1.807, 2.05) is 0 Å². The standard InChI is InChI=1S/C15H21N3O5S.ClH/c1-10-5-6-11(8-13(10)24(22,23)16-2)17-14(19)9-18-7-3-4-12(18)15(20)21;/h5-6,8,12,16H,3-4,7,9H2,1-2H3,(H,17,19)(H,20,21);1H/t12-;/m0./s1. The Balaban J connectivity index is 0.00000312. The second-order valence-electron chi connectivity index (χ2n) is 5.70. The number of nitrogens with zero attached hydrogens (tertiary/aromatic N) is 1. The molecular formula is C15H22ClN3O5S. The molecule has 1 heterocycles. The number of carboxylic acid groups (broad SMARTS) is 1. The lowest BCUT2D eigenvalue weighted by Crippen LogP contribution is -2.40. The minimum absolute atomic E-state index is 0. The highest BCUT2D eigenvalue weighted by Crippen LogP contribution is 2.21. The Labute approximate surface area is 153 Å². The number of nitrogens with one attached hydrogen (secondary N) is 2. The maximum Gasteiger partial charge on any atom is 0.320 e. The van der Waals surface area contributed by atoms with Gasteiger partial charge in [0.15, 0.2) is 0 Å². The molecule has 1 amide bonds. The van der Waals surface area contributed by atoms with Crippen molar-refractivity contribution in [2.45, 2.75) is 30.7 Å². The number of benzene rings is 1. The molecule has 1 aromatic rings. The lowest BCUT2D eigenvalue weighted by Gasteiger charge is -2.20. The van der Waals surface area contributed by atoms with Gasteiger partial charge in [0.05, 0.1) is 11.4 Å². The van der Waals surface area contributed by atoms with Crippen LogP contribution in [0.2, 0.25) is 0 Å². The topological polar surface area (TPSA) is 116 Å². The predicted octanol–water partition coefficient (Wildman–Crippen LogP) is 0.812. The average Bonchev–Trinajstić information content (AvgIpc) is 2.97. The SMILES string of the molecule is CNS(=O)(=O)c1cc(NC(=O)CN2CCC[C@H]2C(=O)O)ccc1C.Cl. The predicted molar refractivity (Wildman–Crippen MR) is 95.5 cm³/mol. The maximum atomic E-state index is 12.1. The Kier molecular flexibility index (Phi) is 7.36. The van der Waals surface area contributed by atoms with Crippen LogP contribution in [0.1, 0.15) is 18.4 Å². The molecular weight excluding hydrogens is 370 g/mol. The fourth-order valence-corrected chi connectivity index (χ4v) is 3.75. The van der Waals surface area contributed by atoms with Crippen LogP contribution < -0.4 is 10.0 Å². The number of carboxylic acids is 1. The Hall–Kier alpha value is -1.68. The molecule has 0 radical (unpaired) electrons. The molecule has 1 fully saturated rings. The van der Waals surface area contributed by atoms with Crippen LogP contribution in [0.4, 0.5) is 5.69 Å². The molecule has 1 saturated heterocycles. The summed E-state index contributed by atoms with van der Waals surface area (Å²) in [7, 11) is -2.30. The third-order valence-electron chi connectivity index (χ3n) is 4.03. The lowest BCUT2D eigenvalue weighted by atomic mass is 10.2. The van der Waals surface area contributed by atoms with Crippen LogP contribution >= 0.6 is 12.4 Å². The molecule has 25 heavy (non-hydrogen) atoms. The molecule has 0 spiro atoms. The van der Waals surface area contributed by atoms with E-state index in [9.17, 15) is 18.0 Å². The molecule has 1 atom stereocenters. The van der Waals surface area contributed by atoms with Crippen LogP contribution in [-0.4, -0.2) is 56.5 Å². The zero-order valence-electron chi connectivity index (χ0n) is 14.0. The molecule has 8 nitrogen and oxygen atoms in total. The van der Waals surface area contributed by atoms with E-state index >= 15 is 0 Å². The molecule has 10 heteroatoms. The third-order valence-corrected chi connectivity index (χ3v) is 5.58. The fraction of sp³-hybridized carbons (Fsp3) is 0.467. The normalized spacial score (nSPS) is 17.8. The second kappa shape index (κ2) is 8.61. The molecule has 1 aliphatic rings. The van der Waals surface area contributed by atoms with E-state index in [0.717, 1.165) is 6.42 Å². The zero-order chi connectivity index (χ0) is 17.9. The van der Waals surface area contributed by atoms with Crippen molar-refractivity contribution < 1.29 is 23.1 Å². The number of halogens is 1. The number of aryl methyl sites for hydroxylation is 1. The van der Waals surface area contributed by atoms with E-state index in [4.69, 9.17) is 5.11 Å². The van der Waals surface area contributed by atoms with Crippen LogP contribution in [-0.2, 0) is 19.6 Å². The number of rotatable bonds is 6. The summed E-state index contributed by atoms with van der Waals surface area (Å²) in [6.07, 6.45) is 1.26. The second-order valence-corrected chi connectivity index (χ2v) is 7.56. The Morgan fingerprint density at radius 3 is 2.64 bits per heavy atom. The van der Waals surface area contributed by atoms with Crippen molar-refractivity contribution in [3.8, 4) is 0 Å². The van der Waals surface area contributed by atoms with Gasteiger partial charge in [0.2, 0.25) is 15.9 Å². The van der Waals surface area contributed by atoms with Crippen molar-refractivity contribution in [2.24, 2.45) is 0 Å². The van der Waals surface area contributed by atoms with Crippen LogP contribution in [0.5, 0.6) is 0 Å². The molecule has 0 aliphatic carbocycles. The number of hydrogen-bond donors (Lipinski definition) is 3. The molecule has 3 N–H and O–H groups in total. The third kappa shape index (κ3) is 5.15. The molecule has 0 unspecified atom stereocenters. The van der Waals surface area contributed by atoms with E-state index < -0.39 is 22.0 Å². The van der Waals surface area contributed by atoms with Crippen LogP contribution in [0, 0.1) is 6.92 Å². The Morgan fingerprint density at radius 2 is 2.04 bits per heavy atom. The van der Waals surface area contributed by atoms with E-state index in [1.165, 1.54) is 13.1 Å². The van der Waals surface area contributed by atoms with E-state index in [-0.39, 0.29) is 29.8 Å². The van der Waals surface area contributed by atoms with Gasteiger partial charge in [0.25, 0.3) is 0 Å². The van der Waals surface area contributed by atoms with Gasteiger partial charge in [-0.1, -0.05) is 6.07 Å². The van der Waals surface area contributed by atoms with Crippen molar-refractivity contribution in [1.29, 1.82) is 0 Å². The van der Waals surface area contributed by atoms with Crippen molar-refractivity contribution in [2.75, 3.05) is 25.5 Å². The van der Waals surface area contributed by atoms with Crippen molar-refractivity contribution in [3.63, 3.8) is 0 Å². The highest BCUT2D eigenvalue weighted by atomic mass is 35.5. The fourth-order valence-electron chi connectivity index (χ4n) is 2.76. The largest absolute Gasteiger partial charge is 0.480 e. The first kappa shape index (κ1) is 21.4. The molecule has 0 saturated carbocycles. The number of anilines is 1. The first-order valence-electron chi connectivity index (χ1n) is 7.55. The Bertz CT molecular complexity index is 754. The van der Waals surface area contributed by atoms with Crippen molar-refractivity contribution in [1.82, 2.24) is 9.62 Å². The Morgan fingerprint density at radius 1 is 1.36 bits per heavy atom. The van der Waals surface area contributed by atoms with Gasteiger partial charge in [-0.3, -0.25) is 14.5 Å². The van der Waals surface area contributed by atoms with Gasteiger partial charge in [-0.2, -0.15) is 0 Å². The van der Waals surface area contributed by atoms with Crippen LogP contribution in [0.3, 0.4) is 0 Å². The number of hydrogen-bond acceptors (Lipinski definition) is 5. The summed E-state index contributed by atoms with van der Waals surface area (Å²) in [5.74, 6) is -1.31. The zero-order valence-corrected chi connectivity index (χ0v) is 15.6. The van der Waals surface area contributed by atoms with Gasteiger partial charge in [0.1, 0.15) is 6.04 Å². The number of sulfonamides is 1. The highest BCUT2D eigenvalue weighted by molar-refractivity contribution is 7.89. The number of carbonyl (C=O) groups is 2. The minimum atomic E-state index is -3.62. The smallest absolute Gasteiger partial charge is 0.320 e. The summed E-state index contributed by atoms with van der Waals surface area (Å²) in [6, 6.07) is 3.96. The summed E-state index contributed by atoms with van der Waals surface area (Å²) in [5.41, 5.74) is 0.915.